The minimum absolute atomic E-state index is 0.317. The van der Waals surface area contributed by atoms with Crippen LogP contribution < -0.4 is 11.6 Å². The molecule has 0 aliphatic carbocycles. The molecule has 0 amide bonds. The van der Waals surface area contributed by atoms with E-state index < -0.39 is 24.4 Å². The van der Waals surface area contributed by atoms with E-state index in [0.29, 0.717) is 0 Å². The molecule has 0 aromatic heterocycles. The average molecular weight is 163 g/mol. The fraction of sp³-hybridized carbons (Fsp3) is 1.00. The zero-order chi connectivity index (χ0) is 8.59. The molecule has 6 nitrogen and oxygen atoms in total. The van der Waals surface area contributed by atoms with E-state index in [1.165, 1.54) is 0 Å². The monoisotopic (exact) mass is 163 g/mol. The second-order valence-corrected chi connectivity index (χ2v) is 2.67. The molecule has 1 aliphatic heterocycles. The Morgan fingerprint density at radius 2 is 1.82 bits per heavy atom. The summed E-state index contributed by atoms with van der Waals surface area (Å²) in [6.45, 7) is -0.317. The van der Waals surface area contributed by atoms with Gasteiger partial charge in [0.1, 0.15) is 12.2 Å². The van der Waals surface area contributed by atoms with Gasteiger partial charge in [0.25, 0.3) is 0 Å². The van der Waals surface area contributed by atoms with Crippen LogP contribution in [0.2, 0.25) is 0 Å². The van der Waals surface area contributed by atoms with Crippen LogP contribution in [-0.4, -0.2) is 51.4 Å². The van der Waals surface area contributed by atoms with E-state index in [1.54, 1.807) is 0 Å². The molecule has 0 radical (unpaired) electrons. The van der Waals surface area contributed by atoms with Gasteiger partial charge in [-0.25, -0.2) is 5.01 Å². The van der Waals surface area contributed by atoms with Crippen LogP contribution in [0.4, 0.5) is 0 Å². The van der Waals surface area contributed by atoms with Crippen LogP contribution in [0.25, 0.3) is 0 Å². The number of nitrogens with two attached hydrogens (primary N) is 2. The number of rotatable bonds is 1. The molecule has 1 fully saturated rings. The molecule has 0 bridgehead atoms. The van der Waals surface area contributed by atoms with Gasteiger partial charge < -0.3 is 21.1 Å². The first kappa shape index (κ1) is 8.85. The number of hydrazine groups is 1. The Morgan fingerprint density at radius 3 is 2.00 bits per heavy atom. The van der Waals surface area contributed by atoms with E-state index in [2.05, 4.69) is 0 Å². The van der Waals surface area contributed by atoms with E-state index in [4.69, 9.17) is 21.8 Å². The highest BCUT2D eigenvalue weighted by atomic mass is 16.3. The van der Waals surface area contributed by atoms with Gasteiger partial charge in [0.2, 0.25) is 0 Å². The summed E-state index contributed by atoms with van der Waals surface area (Å²) in [5, 5.41) is 28.1. The Labute approximate surface area is 64.0 Å². The molecule has 11 heavy (non-hydrogen) atoms. The van der Waals surface area contributed by atoms with Crippen molar-refractivity contribution in [3.05, 3.63) is 0 Å². The van der Waals surface area contributed by atoms with Gasteiger partial charge >= 0.3 is 0 Å². The number of hydrogen-bond donors (Lipinski definition) is 5. The second kappa shape index (κ2) is 3.02. The molecule has 1 aliphatic rings. The van der Waals surface area contributed by atoms with Crippen LogP contribution in [0.15, 0.2) is 0 Å². The molecule has 0 spiro atoms. The molecule has 66 valence electrons. The number of aliphatic hydroxyl groups excluding tert-OH is 3. The van der Waals surface area contributed by atoms with Crippen LogP contribution in [0, 0.1) is 0 Å². The molecule has 1 unspecified atom stereocenters. The first-order valence-corrected chi connectivity index (χ1v) is 3.35. The van der Waals surface area contributed by atoms with Crippen LogP contribution in [-0.2, 0) is 0 Å². The Balaban J connectivity index is 2.69. The average Bonchev–Trinajstić information content (AvgIpc) is 2.17. The topological polar surface area (TPSA) is 116 Å². The zero-order valence-electron chi connectivity index (χ0n) is 5.96. The summed E-state index contributed by atoms with van der Waals surface area (Å²) >= 11 is 0. The fourth-order valence-corrected chi connectivity index (χ4v) is 1.21. The summed E-state index contributed by atoms with van der Waals surface area (Å²) in [7, 11) is 0. The molecular weight excluding hydrogens is 150 g/mol. The van der Waals surface area contributed by atoms with Gasteiger partial charge in [-0.05, 0) is 0 Å². The van der Waals surface area contributed by atoms with Crippen molar-refractivity contribution in [2.24, 2.45) is 11.6 Å². The van der Waals surface area contributed by atoms with E-state index in [1.807, 2.05) is 0 Å². The molecule has 1 heterocycles. The van der Waals surface area contributed by atoms with Crippen molar-refractivity contribution in [2.75, 3.05) is 6.61 Å². The summed E-state index contributed by atoms with van der Waals surface area (Å²) < 4.78 is 0. The predicted octanol–water partition coefficient (Wildman–Crippen LogP) is -3.46. The standard InChI is InChI=1S/C5H13N3O3/c6-5-4(11)3(10)2(1-9)8(5)7/h2-5,9-11H,1,6-7H2/t2-,3-,4+,5?/m1/s1. The normalized spacial score (nSPS) is 46.6. The maximum absolute atomic E-state index is 9.19. The summed E-state index contributed by atoms with van der Waals surface area (Å²) in [5.41, 5.74) is 5.36. The number of hydrogen-bond acceptors (Lipinski definition) is 6. The van der Waals surface area contributed by atoms with Crippen molar-refractivity contribution in [1.82, 2.24) is 5.01 Å². The van der Waals surface area contributed by atoms with Crippen molar-refractivity contribution in [2.45, 2.75) is 24.4 Å². The Kier molecular flexibility index (Phi) is 2.43. The highest BCUT2D eigenvalue weighted by Crippen LogP contribution is 2.17. The third-order valence-electron chi connectivity index (χ3n) is 2.01. The lowest BCUT2D eigenvalue weighted by Gasteiger charge is -2.20. The maximum Gasteiger partial charge on any atom is 0.111 e. The molecule has 7 N–H and O–H groups in total. The summed E-state index contributed by atoms with van der Waals surface area (Å²) in [4.78, 5) is 0. The maximum atomic E-state index is 9.19. The smallest absolute Gasteiger partial charge is 0.111 e. The zero-order valence-corrected chi connectivity index (χ0v) is 5.96. The van der Waals surface area contributed by atoms with Gasteiger partial charge in [-0.3, -0.25) is 5.84 Å². The SMILES string of the molecule is NC1[C@@H](O)[C@H](O)[C@@H](CO)N1N. The van der Waals surface area contributed by atoms with Crippen molar-refractivity contribution in [1.29, 1.82) is 0 Å². The van der Waals surface area contributed by atoms with Gasteiger partial charge in [0.15, 0.2) is 0 Å². The minimum Gasteiger partial charge on any atom is -0.395 e. The van der Waals surface area contributed by atoms with E-state index in [-0.39, 0.29) is 6.61 Å². The molecule has 4 atom stereocenters. The molecule has 1 saturated heterocycles. The lowest BCUT2D eigenvalue weighted by molar-refractivity contribution is 0.0183. The van der Waals surface area contributed by atoms with Gasteiger partial charge in [-0.2, -0.15) is 0 Å². The van der Waals surface area contributed by atoms with Crippen molar-refractivity contribution >= 4 is 0 Å². The molecular formula is C5H13N3O3. The highest BCUT2D eigenvalue weighted by Gasteiger charge is 2.44. The van der Waals surface area contributed by atoms with Gasteiger partial charge in [0.05, 0.1) is 18.8 Å². The van der Waals surface area contributed by atoms with Gasteiger partial charge in [0, 0.05) is 0 Å². The van der Waals surface area contributed by atoms with Gasteiger partial charge in [-0.1, -0.05) is 0 Å². The highest BCUT2D eigenvalue weighted by molar-refractivity contribution is 4.95. The summed E-state index contributed by atoms with van der Waals surface area (Å²) in [5.74, 6) is 5.34. The Morgan fingerprint density at radius 1 is 1.27 bits per heavy atom. The Bertz CT molecular complexity index is 131. The summed E-state index contributed by atoms with van der Waals surface area (Å²) in [6, 6.07) is -0.667. The van der Waals surface area contributed by atoms with Crippen molar-refractivity contribution in [3.8, 4) is 0 Å². The predicted molar refractivity (Wildman–Crippen MR) is 36.9 cm³/mol. The minimum atomic E-state index is -1.09. The third-order valence-corrected chi connectivity index (χ3v) is 2.01. The van der Waals surface area contributed by atoms with Crippen LogP contribution in [0.1, 0.15) is 0 Å². The van der Waals surface area contributed by atoms with E-state index >= 15 is 0 Å². The lowest BCUT2D eigenvalue weighted by Crippen LogP contribution is -2.50. The quantitative estimate of drug-likeness (QED) is 0.257. The second-order valence-electron chi connectivity index (χ2n) is 2.67. The first-order valence-electron chi connectivity index (χ1n) is 3.35. The summed E-state index contributed by atoms with van der Waals surface area (Å²) in [6.07, 6.45) is -2.96. The largest absolute Gasteiger partial charge is 0.395 e. The molecule has 0 aromatic carbocycles. The fourth-order valence-electron chi connectivity index (χ4n) is 1.21. The van der Waals surface area contributed by atoms with E-state index in [0.717, 1.165) is 5.01 Å². The van der Waals surface area contributed by atoms with Crippen LogP contribution in [0.5, 0.6) is 0 Å². The van der Waals surface area contributed by atoms with Gasteiger partial charge in [-0.15, -0.1) is 0 Å². The van der Waals surface area contributed by atoms with Crippen LogP contribution in [0.3, 0.4) is 0 Å². The lowest BCUT2D eigenvalue weighted by atomic mass is 10.1. The third kappa shape index (κ3) is 1.24. The molecule has 6 heteroatoms. The first-order chi connectivity index (χ1) is 5.09. The molecule has 1 rings (SSSR count). The van der Waals surface area contributed by atoms with E-state index in [9.17, 15) is 5.11 Å². The van der Waals surface area contributed by atoms with Crippen molar-refractivity contribution in [3.63, 3.8) is 0 Å². The molecule has 0 aromatic rings. The number of nitrogens with zero attached hydrogens (tertiary/aromatic N) is 1. The van der Waals surface area contributed by atoms with Crippen LogP contribution >= 0.6 is 0 Å². The molecule has 0 saturated carbocycles. The Hall–Kier alpha value is -0.240. The number of aliphatic hydroxyl groups is 3. The van der Waals surface area contributed by atoms with Crippen molar-refractivity contribution < 1.29 is 15.3 Å².